The average molecular weight is 389 g/mol. The molecule has 0 unspecified atom stereocenters. The maximum Gasteiger partial charge on any atom is 0.536 e. The van der Waals surface area contributed by atoms with Crippen LogP contribution in [0.25, 0.3) is 0 Å². The number of rotatable bonds is 11. The molecular weight excluding hydrogens is 356 g/mol. The number of hydrogen-bond acceptors (Lipinski definition) is 6. The molecule has 0 N–H and O–H groups in total. The normalized spacial score (nSPS) is 11.6. The van der Waals surface area contributed by atoms with Crippen LogP contribution in [0.4, 0.5) is 0 Å². The van der Waals surface area contributed by atoms with Gasteiger partial charge in [0, 0.05) is 46.3 Å². The van der Waals surface area contributed by atoms with Gasteiger partial charge in [-0.05, 0) is 26.5 Å². The molecule has 0 aliphatic rings. The molecule has 1 rings (SSSR count). The first-order valence-corrected chi connectivity index (χ1v) is 11.8. The first kappa shape index (κ1) is 24.2. The van der Waals surface area contributed by atoms with Crippen molar-refractivity contribution < 1.29 is 26.6 Å². The van der Waals surface area contributed by atoms with Crippen LogP contribution < -0.4 is 5.19 Å². The quantitative estimate of drug-likeness (QED) is 0.543. The van der Waals surface area contributed by atoms with Crippen LogP contribution in [0.15, 0.2) is 42.6 Å². The van der Waals surface area contributed by atoms with Gasteiger partial charge in [-0.2, -0.15) is 0 Å². The van der Waals surface area contributed by atoms with Crippen molar-refractivity contribution in [3.8, 4) is 0 Å². The van der Waals surface area contributed by atoms with Crippen LogP contribution >= 0.6 is 0 Å². The van der Waals surface area contributed by atoms with E-state index in [1.165, 1.54) is 0 Å². The summed E-state index contributed by atoms with van der Waals surface area (Å²) in [6, 6.07) is 9.72. The van der Waals surface area contributed by atoms with Gasteiger partial charge in [0.15, 0.2) is 0 Å². The molecule has 0 amide bonds. The van der Waals surface area contributed by atoms with Gasteiger partial charge < -0.3 is 26.6 Å². The van der Waals surface area contributed by atoms with E-state index in [0.717, 1.165) is 5.19 Å². The Kier molecular flexibility index (Phi) is 12.9. The van der Waals surface area contributed by atoms with Crippen LogP contribution in [0.3, 0.4) is 0 Å². The average Bonchev–Trinajstić information content (AvgIpc) is 2.66. The zero-order chi connectivity index (χ0) is 19.2. The molecule has 0 heterocycles. The molecule has 1 aromatic carbocycles. The molecule has 0 saturated heterocycles. The first-order valence-electron chi connectivity index (χ1n) is 8.29. The summed E-state index contributed by atoms with van der Waals surface area (Å²) in [4.78, 5) is 0. The standard InChI is InChI=1S/C9H14O3Si.C8H18O3Si/c1-10-13(11-2,12-3)9-7-5-4-6-8-9;1-5-9-12(8-4,10-6-2)11-7-3/h4-8H,1-3H3;8H,4-7H2,1-3H3. The Hall–Kier alpha value is -0.846. The summed E-state index contributed by atoms with van der Waals surface area (Å²) in [6.45, 7) is 11.2. The van der Waals surface area contributed by atoms with Crippen LogP contribution in [0.2, 0.25) is 0 Å². The summed E-state index contributed by atoms with van der Waals surface area (Å²) in [6.07, 6.45) is 0. The van der Waals surface area contributed by atoms with Gasteiger partial charge in [-0.25, -0.2) is 0 Å². The molecule has 0 atom stereocenters. The summed E-state index contributed by atoms with van der Waals surface area (Å²) in [7, 11) is -0.289. The molecule has 0 radical (unpaired) electrons. The maximum atomic E-state index is 5.44. The molecule has 1 aromatic rings. The fourth-order valence-corrected chi connectivity index (χ4v) is 5.77. The third-order valence-corrected chi connectivity index (χ3v) is 8.45. The lowest BCUT2D eigenvalue weighted by Gasteiger charge is -2.24. The number of benzene rings is 1. The highest BCUT2D eigenvalue weighted by atomic mass is 28.4. The molecule has 25 heavy (non-hydrogen) atoms. The fraction of sp³-hybridized carbons (Fsp3) is 0.529. The second-order valence-electron chi connectivity index (χ2n) is 4.64. The van der Waals surface area contributed by atoms with E-state index < -0.39 is 17.6 Å². The molecule has 0 bridgehead atoms. The SMILES string of the molecule is C=C[Si](OCC)(OCC)OCC.CO[Si](OC)(OC)c1ccccc1. The van der Waals surface area contributed by atoms with E-state index in [1.54, 1.807) is 27.0 Å². The highest BCUT2D eigenvalue weighted by Crippen LogP contribution is 2.10. The minimum atomic E-state index is -2.59. The minimum Gasteiger partial charge on any atom is -0.373 e. The van der Waals surface area contributed by atoms with Crippen LogP contribution in [-0.4, -0.2) is 58.8 Å². The van der Waals surface area contributed by atoms with Crippen molar-refractivity contribution in [2.45, 2.75) is 20.8 Å². The Labute approximate surface area is 154 Å². The zero-order valence-electron chi connectivity index (χ0n) is 16.2. The van der Waals surface area contributed by atoms with Gasteiger partial charge in [0.25, 0.3) is 0 Å². The lowest BCUT2D eigenvalue weighted by atomic mass is 10.4. The van der Waals surface area contributed by atoms with Crippen LogP contribution in [0, 0.1) is 0 Å². The molecule has 8 heteroatoms. The molecule has 0 saturated carbocycles. The van der Waals surface area contributed by atoms with Crippen molar-refractivity contribution in [1.29, 1.82) is 0 Å². The Morgan fingerprint density at radius 3 is 1.48 bits per heavy atom. The van der Waals surface area contributed by atoms with Gasteiger partial charge in [0.2, 0.25) is 0 Å². The van der Waals surface area contributed by atoms with Crippen molar-refractivity contribution >= 4 is 22.8 Å². The smallest absolute Gasteiger partial charge is 0.373 e. The molecule has 0 aliphatic heterocycles. The summed E-state index contributed by atoms with van der Waals surface area (Å²) >= 11 is 0. The van der Waals surface area contributed by atoms with Gasteiger partial charge in [-0.15, -0.1) is 0 Å². The Bertz CT molecular complexity index is 428. The van der Waals surface area contributed by atoms with E-state index in [4.69, 9.17) is 26.6 Å². The lowest BCUT2D eigenvalue weighted by molar-refractivity contribution is 0.0844. The van der Waals surface area contributed by atoms with Crippen LogP contribution in [0.1, 0.15) is 20.8 Å². The van der Waals surface area contributed by atoms with E-state index in [-0.39, 0.29) is 0 Å². The van der Waals surface area contributed by atoms with Crippen molar-refractivity contribution in [1.82, 2.24) is 0 Å². The van der Waals surface area contributed by atoms with E-state index >= 15 is 0 Å². The van der Waals surface area contributed by atoms with Gasteiger partial charge in [0.1, 0.15) is 0 Å². The van der Waals surface area contributed by atoms with Crippen LogP contribution in [0.5, 0.6) is 0 Å². The molecule has 0 spiro atoms. The molecule has 0 aliphatic carbocycles. The van der Waals surface area contributed by atoms with Gasteiger partial charge in [0.05, 0.1) is 0 Å². The van der Waals surface area contributed by atoms with E-state index in [9.17, 15) is 0 Å². The largest absolute Gasteiger partial charge is 0.536 e. The van der Waals surface area contributed by atoms with Gasteiger partial charge in [-0.3, -0.25) is 0 Å². The highest BCUT2D eigenvalue weighted by molar-refractivity contribution is 6.75. The van der Waals surface area contributed by atoms with E-state index in [2.05, 4.69) is 6.58 Å². The fourth-order valence-electron chi connectivity index (χ4n) is 2.15. The van der Waals surface area contributed by atoms with E-state index in [1.807, 2.05) is 51.1 Å². The Morgan fingerprint density at radius 2 is 1.20 bits per heavy atom. The first-order chi connectivity index (χ1) is 12.0. The maximum absolute atomic E-state index is 5.44. The minimum absolute atomic E-state index is 0.595. The predicted molar refractivity (Wildman–Crippen MR) is 104 cm³/mol. The summed E-state index contributed by atoms with van der Waals surface area (Å²) < 4.78 is 32.3. The lowest BCUT2D eigenvalue weighted by Crippen LogP contribution is -2.54. The van der Waals surface area contributed by atoms with Crippen molar-refractivity contribution in [3.63, 3.8) is 0 Å². The second-order valence-corrected chi connectivity index (χ2v) is 10.0. The molecule has 144 valence electrons. The Balaban J connectivity index is 0.000000463. The topological polar surface area (TPSA) is 55.4 Å². The zero-order valence-corrected chi connectivity index (χ0v) is 18.2. The van der Waals surface area contributed by atoms with Gasteiger partial charge in [-0.1, -0.05) is 36.9 Å². The van der Waals surface area contributed by atoms with Crippen LogP contribution in [-0.2, 0) is 26.6 Å². The molecule has 6 nitrogen and oxygen atoms in total. The van der Waals surface area contributed by atoms with Crippen molar-refractivity contribution in [2.75, 3.05) is 41.2 Å². The molecule has 0 fully saturated rings. The summed E-state index contributed by atoms with van der Waals surface area (Å²) in [5, 5.41) is 0.975. The second kappa shape index (κ2) is 13.4. The summed E-state index contributed by atoms with van der Waals surface area (Å²) in [5.74, 6) is 0. The van der Waals surface area contributed by atoms with Crippen molar-refractivity contribution in [2.24, 2.45) is 0 Å². The number of hydrogen-bond donors (Lipinski definition) is 0. The van der Waals surface area contributed by atoms with Gasteiger partial charge >= 0.3 is 17.6 Å². The van der Waals surface area contributed by atoms with E-state index in [0.29, 0.717) is 19.8 Å². The summed E-state index contributed by atoms with van der Waals surface area (Å²) in [5.41, 5.74) is 1.67. The third kappa shape index (κ3) is 7.51. The molecule has 0 aromatic heterocycles. The Morgan fingerprint density at radius 1 is 0.800 bits per heavy atom. The highest BCUT2D eigenvalue weighted by Gasteiger charge is 2.40. The van der Waals surface area contributed by atoms with Crippen molar-refractivity contribution in [3.05, 3.63) is 42.6 Å². The third-order valence-electron chi connectivity index (χ3n) is 3.22. The monoisotopic (exact) mass is 388 g/mol. The predicted octanol–water partition coefficient (Wildman–Crippen LogP) is 2.53. The molecular formula is C17H32O6Si2.